The molecule has 2 rings (SSSR count). The number of rotatable bonds is 2. The maximum atomic E-state index is 13.0. The lowest BCUT2D eigenvalue weighted by atomic mass is 10.1. The molecule has 0 radical (unpaired) electrons. The average Bonchev–Trinajstić information content (AvgIpc) is 2.38. The van der Waals surface area contributed by atoms with Gasteiger partial charge in [-0.05, 0) is 12.8 Å². The van der Waals surface area contributed by atoms with Crippen LogP contribution in [0.2, 0.25) is 0 Å². The number of aromatic amines is 1. The van der Waals surface area contributed by atoms with Gasteiger partial charge >= 0.3 is 0 Å². The number of likely N-dealkylation sites (tertiary alicyclic amines) is 1. The van der Waals surface area contributed by atoms with Crippen molar-refractivity contribution in [3.63, 3.8) is 0 Å². The molecule has 0 atom stereocenters. The molecular formula is C12H15FN2O3. The highest BCUT2D eigenvalue weighted by Crippen LogP contribution is 2.15. The SMILES string of the molecule is COc1c[nH]c(C(=O)N2CCC(F)CC2)cc1=O. The summed E-state index contributed by atoms with van der Waals surface area (Å²) >= 11 is 0. The molecule has 1 aliphatic heterocycles. The number of aromatic nitrogens is 1. The Kier molecular flexibility index (Phi) is 3.64. The van der Waals surface area contributed by atoms with Gasteiger partial charge in [-0.3, -0.25) is 9.59 Å². The Balaban J connectivity index is 2.14. The number of methoxy groups -OCH3 is 1. The maximum absolute atomic E-state index is 13.0. The minimum atomic E-state index is -0.830. The molecule has 0 aromatic carbocycles. The topological polar surface area (TPSA) is 62.4 Å². The molecule has 1 aromatic rings. The monoisotopic (exact) mass is 254 g/mol. The van der Waals surface area contributed by atoms with E-state index in [0.717, 1.165) is 0 Å². The number of carbonyl (C=O) groups excluding carboxylic acids is 1. The Bertz CT molecular complexity index is 492. The van der Waals surface area contributed by atoms with Crippen molar-refractivity contribution in [2.45, 2.75) is 19.0 Å². The number of carbonyl (C=O) groups is 1. The lowest BCUT2D eigenvalue weighted by Crippen LogP contribution is -2.39. The minimum Gasteiger partial charge on any atom is -0.491 e. The number of hydrogen-bond acceptors (Lipinski definition) is 3. The average molecular weight is 254 g/mol. The first kappa shape index (κ1) is 12.6. The molecule has 2 heterocycles. The summed E-state index contributed by atoms with van der Waals surface area (Å²) in [6, 6.07) is 1.21. The van der Waals surface area contributed by atoms with Gasteiger partial charge in [0, 0.05) is 25.4 Å². The van der Waals surface area contributed by atoms with Crippen LogP contribution in [-0.2, 0) is 0 Å². The van der Waals surface area contributed by atoms with Crippen molar-refractivity contribution < 1.29 is 13.9 Å². The van der Waals surface area contributed by atoms with Gasteiger partial charge in [-0.25, -0.2) is 4.39 Å². The van der Waals surface area contributed by atoms with Gasteiger partial charge in [0.25, 0.3) is 5.91 Å². The normalized spacial score (nSPS) is 16.7. The summed E-state index contributed by atoms with van der Waals surface area (Å²) in [4.78, 5) is 27.9. The van der Waals surface area contributed by atoms with Crippen LogP contribution in [0.25, 0.3) is 0 Å². The molecule has 6 heteroatoms. The lowest BCUT2D eigenvalue weighted by molar-refractivity contribution is 0.0661. The highest BCUT2D eigenvalue weighted by atomic mass is 19.1. The van der Waals surface area contributed by atoms with Crippen molar-refractivity contribution in [3.8, 4) is 5.75 Å². The first-order valence-corrected chi connectivity index (χ1v) is 5.82. The van der Waals surface area contributed by atoms with E-state index in [1.54, 1.807) is 4.90 Å². The van der Waals surface area contributed by atoms with Gasteiger partial charge in [0.2, 0.25) is 5.43 Å². The zero-order valence-corrected chi connectivity index (χ0v) is 10.1. The van der Waals surface area contributed by atoms with E-state index in [1.165, 1.54) is 19.4 Å². The summed E-state index contributed by atoms with van der Waals surface area (Å²) in [5.41, 5.74) is -0.141. The fraction of sp³-hybridized carbons (Fsp3) is 0.500. The first-order valence-electron chi connectivity index (χ1n) is 5.82. The predicted octanol–water partition coefficient (Wildman–Crippen LogP) is 0.958. The second-order valence-electron chi connectivity index (χ2n) is 4.25. The molecule has 1 saturated heterocycles. The summed E-state index contributed by atoms with van der Waals surface area (Å²) in [5, 5.41) is 0. The fourth-order valence-electron chi connectivity index (χ4n) is 1.96. The third-order valence-electron chi connectivity index (χ3n) is 3.04. The van der Waals surface area contributed by atoms with E-state index in [2.05, 4.69) is 4.98 Å². The lowest BCUT2D eigenvalue weighted by Gasteiger charge is -2.28. The minimum absolute atomic E-state index is 0.161. The van der Waals surface area contributed by atoms with Crippen LogP contribution in [0.1, 0.15) is 23.3 Å². The number of piperidine rings is 1. The van der Waals surface area contributed by atoms with E-state index in [9.17, 15) is 14.0 Å². The number of ether oxygens (including phenoxy) is 1. The van der Waals surface area contributed by atoms with E-state index in [4.69, 9.17) is 4.74 Å². The molecule has 1 fully saturated rings. The van der Waals surface area contributed by atoms with Crippen molar-refractivity contribution in [1.82, 2.24) is 9.88 Å². The molecule has 18 heavy (non-hydrogen) atoms. The van der Waals surface area contributed by atoms with Crippen LogP contribution >= 0.6 is 0 Å². The number of hydrogen-bond donors (Lipinski definition) is 1. The number of pyridine rings is 1. The van der Waals surface area contributed by atoms with Crippen LogP contribution in [0.4, 0.5) is 4.39 Å². The van der Waals surface area contributed by atoms with Crippen molar-refractivity contribution >= 4 is 5.91 Å². The standard InChI is InChI=1S/C12H15FN2O3/c1-18-11-7-14-9(6-10(11)16)12(17)15-4-2-8(13)3-5-15/h6-8H,2-5H2,1H3,(H,14,16). The number of H-pyrrole nitrogens is 1. The molecule has 98 valence electrons. The van der Waals surface area contributed by atoms with Crippen LogP contribution in [0, 0.1) is 0 Å². The highest BCUT2D eigenvalue weighted by Gasteiger charge is 2.23. The van der Waals surface area contributed by atoms with Crippen molar-refractivity contribution in [1.29, 1.82) is 0 Å². The number of alkyl halides is 1. The fourth-order valence-corrected chi connectivity index (χ4v) is 1.96. The largest absolute Gasteiger partial charge is 0.491 e. The summed E-state index contributed by atoms with van der Waals surface area (Å²) in [5.74, 6) is -0.115. The first-order chi connectivity index (χ1) is 8.61. The van der Waals surface area contributed by atoms with Gasteiger partial charge in [0.05, 0.1) is 7.11 Å². The van der Waals surface area contributed by atoms with Gasteiger partial charge < -0.3 is 14.6 Å². The van der Waals surface area contributed by atoms with E-state index in [-0.39, 0.29) is 22.8 Å². The van der Waals surface area contributed by atoms with E-state index in [0.29, 0.717) is 25.9 Å². The van der Waals surface area contributed by atoms with Gasteiger partial charge in [-0.2, -0.15) is 0 Å². The van der Waals surface area contributed by atoms with Crippen molar-refractivity contribution in [2.75, 3.05) is 20.2 Å². The molecule has 0 spiro atoms. The van der Waals surface area contributed by atoms with Gasteiger partial charge in [0.15, 0.2) is 5.75 Å². The van der Waals surface area contributed by atoms with E-state index < -0.39 is 6.17 Å². The molecule has 0 aliphatic carbocycles. The van der Waals surface area contributed by atoms with Crippen LogP contribution in [-0.4, -0.2) is 42.2 Å². The zero-order chi connectivity index (χ0) is 13.1. The molecule has 1 N–H and O–H groups in total. The predicted molar refractivity (Wildman–Crippen MR) is 63.6 cm³/mol. The van der Waals surface area contributed by atoms with Crippen LogP contribution < -0.4 is 10.2 Å². The Morgan fingerprint density at radius 2 is 2.17 bits per heavy atom. The van der Waals surface area contributed by atoms with Gasteiger partial charge in [-0.1, -0.05) is 0 Å². The Hall–Kier alpha value is -1.85. The number of halogens is 1. The van der Waals surface area contributed by atoms with Crippen LogP contribution in [0.5, 0.6) is 5.75 Å². The molecule has 0 saturated carbocycles. The second kappa shape index (κ2) is 5.20. The highest BCUT2D eigenvalue weighted by molar-refractivity contribution is 5.92. The number of amides is 1. The van der Waals surface area contributed by atoms with Crippen molar-refractivity contribution in [2.24, 2.45) is 0 Å². The summed E-state index contributed by atoms with van der Waals surface area (Å²) in [6.45, 7) is 0.766. The summed E-state index contributed by atoms with van der Waals surface area (Å²) in [7, 11) is 1.39. The molecule has 0 bridgehead atoms. The molecule has 0 unspecified atom stereocenters. The quantitative estimate of drug-likeness (QED) is 0.855. The summed E-state index contributed by atoms with van der Waals surface area (Å²) < 4.78 is 17.8. The third-order valence-corrected chi connectivity index (χ3v) is 3.04. The van der Waals surface area contributed by atoms with Crippen LogP contribution in [0.3, 0.4) is 0 Å². The van der Waals surface area contributed by atoms with E-state index >= 15 is 0 Å². The smallest absolute Gasteiger partial charge is 0.270 e. The maximum Gasteiger partial charge on any atom is 0.270 e. The number of nitrogens with zero attached hydrogens (tertiary/aromatic N) is 1. The molecule has 1 amide bonds. The summed E-state index contributed by atoms with van der Waals surface area (Å²) in [6.07, 6.45) is 1.24. The third kappa shape index (κ3) is 2.52. The Morgan fingerprint density at radius 3 is 2.72 bits per heavy atom. The van der Waals surface area contributed by atoms with Gasteiger partial charge in [0.1, 0.15) is 11.9 Å². The molecular weight excluding hydrogens is 239 g/mol. The number of nitrogens with one attached hydrogen (secondary N) is 1. The molecule has 1 aliphatic rings. The Morgan fingerprint density at radius 1 is 1.50 bits per heavy atom. The second-order valence-corrected chi connectivity index (χ2v) is 4.25. The van der Waals surface area contributed by atoms with Gasteiger partial charge in [-0.15, -0.1) is 0 Å². The molecule has 1 aromatic heterocycles. The Labute approximate surface area is 104 Å². The van der Waals surface area contributed by atoms with Crippen molar-refractivity contribution in [3.05, 3.63) is 28.2 Å². The van der Waals surface area contributed by atoms with E-state index in [1.807, 2.05) is 0 Å². The molecule has 5 nitrogen and oxygen atoms in total. The van der Waals surface area contributed by atoms with Crippen LogP contribution in [0.15, 0.2) is 17.1 Å². The zero-order valence-electron chi connectivity index (χ0n) is 10.1.